The van der Waals surface area contributed by atoms with Crippen molar-refractivity contribution in [2.45, 2.75) is 0 Å². The van der Waals surface area contributed by atoms with E-state index in [2.05, 4.69) is 4.98 Å². The molecule has 0 bridgehead atoms. The number of aromatic nitrogens is 2. The summed E-state index contributed by atoms with van der Waals surface area (Å²) >= 11 is 0. The zero-order chi connectivity index (χ0) is 11.4. The van der Waals surface area contributed by atoms with E-state index in [0.29, 0.717) is 5.75 Å². The van der Waals surface area contributed by atoms with Gasteiger partial charge in [-0.2, -0.15) is 0 Å². The molecule has 2 rings (SSSR count). The van der Waals surface area contributed by atoms with Gasteiger partial charge in [-0.1, -0.05) is 6.07 Å². The normalized spacial score (nSPS) is 10.1. The average molecular weight is 220 g/mol. The van der Waals surface area contributed by atoms with Crippen molar-refractivity contribution in [2.75, 3.05) is 6.61 Å². The van der Waals surface area contributed by atoms with Crippen LogP contribution in [0.4, 0.5) is 4.39 Å². The molecule has 0 fully saturated rings. The highest BCUT2D eigenvalue weighted by Crippen LogP contribution is 2.11. The molecule has 4 nitrogen and oxygen atoms in total. The van der Waals surface area contributed by atoms with Crippen LogP contribution < -0.4 is 4.74 Å². The molecule has 82 valence electrons. The van der Waals surface area contributed by atoms with Gasteiger partial charge in [0.15, 0.2) is 6.61 Å². The fourth-order valence-corrected chi connectivity index (χ4v) is 1.18. The van der Waals surface area contributed by atoms with Gasteiger partial charge in [-0.3, -0.25) is 9.36 Å². The number of halogens is 1. The maximum atomic E-state index is 12.8. The van der Waals surface area contributed by atoms with E-state index in [1.54, 1.807) is 6.07 Å². The standard InChI is InChI=1S/C11H9FN2O2/c12-9-2-1-3-10(6-9)16-7-11(15)14-5-4-13-8-14/h1-6,8H,7H2. The van der Waals surface area contributed by atoms with Crippen LogP contribution in [0.1, 0.15) is 4.79 Å². The Morgan fingerprint density at radius 1 is 1.50 bits per heavy atom. The highest BCUT2D eigenvalue weighted by atomic mass is 19.1. The summed E-state index contributed by atoms with van der Waals surface area (Å²) < 4.78 is 19.2. The molecule has 0 aliphatic rings. The largest absolute Gasteiger partial charge is 0.484 e. The van der Waals surface area contributed by atoms with E-state index < -0.39 is 5.82 Å². The Kier molecular flexibility index (Phi) is 2.95. The molecule has 2 aromatic rings. The molecule has 0 radical (unpaired) electrons. The number of rotatable bonds is 3. The zero-order valence-electron chi connectivity index (χ0n) is 8.34. The maximum absolute atomic E-state index is 12.8. The molecule has 16 heavy (non-hydrogen) atoms. The Morgan fingerprint density at radius 3 is 3.06 bits per heavy atom. The monoisotopic (exact) mass is 220 g/mol. The third-order valence-corrected chi connectivity index (χ3v) is 1.95. The van der Waals surface area contributed by atoms with Crippen LogP contribution >= 0.6 is 0 Å². The molecule has 1 aromatic heterocycles. The molecule has 0 N–H and O–H groups in total. The van der Waals surface area contributed by atoms with Crippen molar-refractivity contribution in [1.82, 2.24) is 9.55 Å². The summed E-state index contributed by atoms with van der Waals surface area (Å²) in [4.78, 5) is 15.2. The predicted octanol–water partition coefficient (Wildman–Crippen LogP) is 1.74. The molecule has 1 aromatic carbocycles. The SMILES string of the molecule is O=C(COc1cccc(F)c1)n1ccnc1. The minimum atomic E-state index is -0.396. The number of carbonyl (C=O) groups excluding carboxylic acids is 1. The predicted molar refractivity (Wildman–Crippen MR) is 54.7 cm³/mol. The number of imidazole rings is 1. The van der Waals surface area contributed by atoms with Crippen LogP contribution in [0, 0.1) is 5.82 Å². The van der Waals surface area contributed by atoms with E-state index >= 15 is 0 Å². The smallest absolute Gasteiger partial charge is 0.269 e. The lowest BCUT2D eigenvalue weighted by Crippen LogP contribution is -2.17. The number of ether oxygens (including phenoxy) is 1. The van der Waals surface area contributed by atoms with Gasteiger partial charge < -0.3 is 4.74 Å². The van der Waals surface area contributed by atoms with Crippen molar-refractivity contribution in [1.29, 1.82) is 0 Å². The van der Waals surface area contributed by atoms with Crippen LogP contribution in [0.3, 0.4) is 0 Å². The summed E-state index contributed by atoms with van der Waals surface area (Å²) in [6.07, 6.45) is 4.41. The lowest BCUT2D eigenvalue weighted by molar-refractivity contribution is 0.0837. The second kappa shape index (κ2) is 4.57. The highest BCUT2D eigenvalue weighted by molar-refractivity contribution is 5.80. The Bertz CT molecular complexity index is 482. The number of benzene rings is 1. The van der Waals surface area contributed by atoms with Gasteiger partial charge in [0.25, 0.3) is 5.91 Å². The molecular weight excluding hydrogens is 211 g/mol. The first-order valence-electron chi connectivity index (χ1n) is 4.65. The topological polar surface area (TPSA) is 44.1 Å². The Balaban J connectivity index is 1.95. The second-order valence-electron chi connectivity index (χ2n) is 3.11. The molecular formula is C11H9FN2O2. The van der Waals surface area contributed by atoms with Crippen LogP contribution in [0.15, 0.2) is 43.0 Å². The quantitative estimate of drug-likeness (QED) is 0.791. The van der Waals surface area contributed by atoms with E-state index in [0.717, 1.165) is 0 Å². The molecule has 0 spiro atoms. The lowest BCUT2D eigenvalue weighted by Gasteiger charge is -2.05. The minimum Gasteiger partial charge on any atom is -0.484 e. The number of carbonyl (C=O) groups is 1. The van der Waals surface area contributed by atoms with E-state index in [-0.39, 0.29) is 12.5 Å². The second-order valence-corrected chi connectivity index (χ2v) is 3.11. The van der Waals surface area contributed by atoms with Crippen LogP contribution in [0.5, 0.6) is 5.75 Å². The molecule has 0 amide bonds. The highest BCUT2D eigenvalue weighted by Gasteiger charge is 2.05. The summed E-state index contributed by atoms with van der Waals surface area (Å²) in [6, 6.07) is 5.64. The van der Waals surface area contributed by atoms with Crippen molar-refractivity contribution in [3.63, 3.8) is 0 Å². The fourth-order valence-electron chi connectivity index (χ4n) is 1.18. The molecule has 0 unspecified atom stereocenters. The van der Waals surface area contributed by atoms with E-state index in [1.807, 2.05) is 0 Å². The average Bonchev–Trinajstić information content (AvgIpc) is 2.79. The number of hydrogen-bond acceptors (Lipinski definition) is 3. The summed E-state index contributed by atoms with van der Waals surface area (Å²) in [7, 11) is 0. The maximum Gasteiger partial charge on any atom is 0.269 e. The molecule has 0 saturated carbocycles. The third kappa shape index (κ3) is 2.44. The fraction of sp³-hybridized carbons (Fsp3) is 0.0909. The first-order chi connectivity index (χ1) is 7.75. The van der Waals surface area contributed by atoms with E-state index in [9.17, 15) is 9.18 Å². The van der Waals surface area contributed by atoms with E-state index in [4.69, 9.17) is 4.74 Å². The summed E-state index contributed by atoms with van der Waals surface area (Å²) in [5, 5.41) is 0. The van der Waals surface area contributed by atoms with Crippen LogP contribution in [-0.2, 0) is 0 Å². The van der Waals surface area contributed by atoms with Gasteiger partial charge in [-0.25, -0.2) is 9.37 Å². The van der Waals surface area contributed by atoms with Crippen molar-refractivity contribution >= 4 is 5.91 Å². The first-order valence-corrected chi connectivity index (χ1v) is 4.65. The van der Waals surface area contributed by atoms with Gasteiger partial charge in [0, 0.05) is 18.5 Å². The summed E-state index contributed by atoms with van der Waals surface area (Å²) in [5.41, 5.74) is 0. The number of hydrogen-bond donors (Lipinski definition) is 0. The number of nitrogens with zero attached hydrogens (tertiary/aromatic N) is 2. The molecule has 5 heteroatoms. The minimum absolute atomic E-state index is 0.153. The van der Waals surface area contributed by atoms with Crippen molar-refractivity contribution in [3.05, 3.63) is 48.8 Å². The zero-order valence-corrected chi connectivity index (χ0v) is 8.34. The molecule has 1 heterocycles. The van der Waals surface area contributed by atoms with Gasteiger partial charge in [0.05, 0.1) is 0 Å². The van der Waals surface area contributed by atoms with Crippen molar-refractivity contribution < 1.29 is 13.9 Å². The summed E-state index contributed by atoms with van der Waals surface area (Å²) in [6.45, 7) is -0.153. The van der Waals surface area contributed by atoms with Crippen molar-refractivity contribution in [2.24, 2.45) is 0 Å². The first kappa shape index (κ1) is 10.4. The Labute approximate surface area is 91.3 Å². The van der Waals surface area contributed by atoms with Gasteiger partial charge in [-0.15, -0.1) is 0 Å². The lowest BCUT2D eigenvalue weighted by atomic mass is 10.3. The van der Waals surface area contributed by atoms with Gasteiger partial charge in [0.2, 0.25) is 0 Å². The Morgan fingerprint density at radius 2 is 2.38 bits per heavy atom. The molecule has 0 aliphatic carbocycles. The third-order valence-electron chi connectivity index (χ3n) is 1.95. The molecule has 0 aliphatic heterocycles. The van der Waals surface area contributed by atoms with E-state index in [1.165, 1.54) is 41.5 Å². The van der Waals surface area contributed by atoms with Crippen LogP contribution in [0.2, 0.25) is 0 Å². The molecule has 0 saturated heterocycles. The Hall–Kier alpha value is -2.17. The van der Waals surface area contributed by atoms with Gasteiger partial charge in [-0.05, 0) is 12.1 Å². The van der Waals surface area contributed by atoms with Crippen LogP contribution in [-0.4, -0.2) is 22.1 Å². The van der Waals surface area contributed by atoms with Crippen LogP contribution in [0.25, 0.3) is 0 Å². The summed E-state index contributed by atoms with van der Waals surface area (Å²) in [5.74, 6) is -0.331. The van der Waals surface area contributed by atoms with Crippen molar-refractivity contribution in [3.8, 4) is 5.75 Å². The molecule has 0 atom stereocenters. The van der Waals surface area contributed by atoms with Gasteiger partial charge in [0.1, 0.15) is 17.9 Å². The van der Waals surface area contributed by atoms with Gasteiger partial charge >= 0.3 is 0 Å².